The van der Waals surface area contributed by atoms with Gasteiger partial charge in [-0.2, -0.15) is 0 Å². The van der Waals surface area contributed by atoms with E-state index in [2.05, 4.69) is 4.90 Å². The van der Waals surface area contributed by atoms with Crippen molar-refractivity contribution >= 4 is 5.91 Å². The molecule has 2 saturated heterocycles. The molecule has 0 spiro atoms. The number of carbonyl (C=O) groups is 1. The Morgan fingerprint density at radius 1 is 1.29 bits per heavy atom. The van der Waals surface area contributed by atoms with E-state index in [1.807, 2.05) is 11.0 Å². The lowest BCUT2D eigenvalue weighted by Crippen LogP contribution is -2.51. The Hall–Kier alpha value is -1.46. The van der Waals surface area contributed by atoms with Crippen molar-refractivity contribution in [2.75, 3.05) is 32.8 Å². The third-order valence-corrected chi connectivity index (χ3v) is 4.18. The van der Waals surface area contributed by atoms with E-state index in [-0.39, 0.29) is 17.8 Å². The Balaban J connectivity index is 1.49. The topological polar surface area (TPSA) is 32.8 Å². The summed E-state index contributed by atoms with van der Waals surface area (Å²) in [4.78, 5) is 16.4. The maximum Gasteiger partial charge on any atom is 0.251 e. The second-order valence-electron chi connectivity index (χ2n) is 5.73. The quantitative estimate of drug-likeness (QED) is 0.849. The van der Waals surface area contributed by atoms with Crippen LogP contribution in [-0.2, 0) is 16.1 Å². The van der Waals surface area contributed by atoms with E-state index in [9.17, 15) is 9.18 Å². The molecule has 0 aromatic heterocycles. The van der Waals surface area contributed by atoms with Gasteiger partial charge in [0, 0.05) is 39.3 Å². The molecule has 4 nitrogen and oxygen atoms in total. The van der Waals surface area contributed by atoms with Crippen molar-refractivity contribution in [2.24, 2.45) is 0 Å². The van der Waals surface area contributed by atoms with Crippen LogP contribution in [0, 0.1) is 5.82 Å². The number of ether oxygens (including phenoxy) is 1. The number of amides is 1. The molecule has 2 aliphatic heterocycles. The van der Waals surface area contributed by atoms with Crippen molar-refractivity contribution in [1.29, 1.82) is 0 Å². The zero-order valence-corrected chi connectivity index (χ0v) is 12.1. The first kappa shape index (κ1) is 14.5. The van der Waals surface area contributed by atoms with Crippen molar-refractivity contribution < 1.29 is 13.9 Å². The average molecular weight is 292 g/mol. The van der Waals surface area contributed by atoms with Gasteiger partial charge in [0.1, 0.15) is 11.9 Å². The van der Waals surface area contributed by atoms with Gasteiger partial charge >= 0.3 is 0 Å². The molecular weight excluding hydrogens is 271 g/mol. The third-order valence-electron chi connectivity index (χ3n) is 4.18. The SMILES string of the molecule is O=C([C@@H]1CCCO1)N1CCN(Cc2cccc(F)c2)CC1. The molecule has 1 aromatic rings. The van der Waals surface area contributed by atoms with Crippen LogP contribution < -0.4 is 0 Å². The van der Waals surface area contributed by atoms with E-state index in [1.54, 1.807) is 12.1 Å². The number of carbonyl (C=O) groups excluding carboxylic acids is 1. The Labute approximate surface area is 124 Å². The fraction of sp³-hybridized carbons (Fsp3) is 0.562. The predicted molar refractivity (Wildman–Crippen MR) is 77.2 cm³/mol. The summed E-state index contributed by atoms with van der Waals surface area (Å²) in [5, 5.41) is 0. The van der Waals surface area contributed by atoms with Gasteiger partial charge in [-0.3, -0.25) is 9.69 Å². The Kier molecular flexibility index (Phi) is 4.51. The van der Waals surface area contributed by atoms with E-state index in [0.717, 1.165) is 51.1 Å². The monoisotopic (exact) mass is 292 g/mol. The maximum absolute atomic E-state index is 13.2. The molecule has 3 rings (SSSR count). The lowest BCUT2D eigenvalue weighted by atomic mass is 10.1. The molecule has 2 fully saturated rings. The zero-order chi connectivity index (χ0) is 14.7. The van der Waals surface area contributed by atoms with Gasteiger partial charge in [0.05, 0.1) is 0 Å². The first-order valence-corrected chi connectivity index (χ1v) is 7.59. The minimum atomic E-state index is -0.222. The highest BCUT2D eigenvalue weighted by molar-refractivity contribution is 5.81. The Bertz CT molecular complexity index is 495. The fourth-order valence-electron chi connectivity index (χ4n) is 3.00. The second kappa shape index (κ2) is 6.54. The highest BCUT2D eigenvalue weighted by Crippen LogP contribution is 2.16. The van der Waals surface area contributed by atoms with Crippen LogP contribution in [0.25, 0.3) is 0 Å². The molecule has 114 valence electrons. The number of hydrogen-bond donors (Lipinski definition) is 0. The number of halogens is 1. The van der Waals surface area contributed by atoms with E-state index >= 15 is 0 Å². The van der Waals surface area contributed by atoms with Crippen molar-refractivity contribution in [3.63, 3.8) is 0 Å². The summed E-state index contributed by atoms with van der Waals surface area (Å²) in [6.45, 7) is 4.56. The normalized spacial score (nSPS) is 23.5. The van der Waals surface area contributed by atoms with Crippen molar-refractivity contribution in [1.82, 2.24) is 9.80 Å². The molecule has 0 radical (unpaired) electrons. The van der Waals surface area contributed by atoms with Crippen LogP contribution in [0.3, 0.4) is 0 Å². The van der Waals surface area contributed by atoms with Crippen LogP contribution >= 0.6 is 0 Å². The van der Waals surface area contributed by atoms with Gasteiger partial charge in [0.15, 0.2) is 0 Å². The molecule has 2 heterocycles. The summed E-state index contributed by atoms with van der Waals surface area (Å²) in [5.74, 6) is -0.0578. The smallest absolute Gasteiger partial charge is 0.251 e. The minimum Gasteiger partial charge on any atom is -0.368 e. The van der Waals surface area contributed by atoms with Gasteiger partial charge in [-0.1, -0.05) is 12.1 Å². The lowest BCUT2D eigenvalue weighted by Gasteiger charge is -2.35. The van der Waals surface area contributed by atoms with Crippen molar-refractivity contribution in [3.8, 4) is 0 Å². The van der Waals surface area contributed by atoms with Crippen molar-refractivity contribution in [2.45, 2.75) is 25.5 Å². The zero-order valence-electron chi connectivity index (χ0n) is 12.1. The number of rotatable bonds is 3. The van der Waals surface area contributed by atoms with Gasteiger partial charge in [-0.05, 0) is 30.5 Å². The molecule has 0 unspecified atom stereocenters. The third kappa shape index (κ3) is 3.60. The summed E-state index contributed by atoms with van der Waals surface area (Å²) < 4.78 is 18.6. The molecule has 1 atom stereocenters. The fourth-order valence-corrected chi connectivity index (χ4v) is 3.00. The van der Waals surface area contributed by atoms with Crippen LogP contribution in [0.2, 0.25) is 0 Å². The molecule has 5 heteroatoms. The Morgan fingerprint density at radius 2 is 2.10 bits per heavy atom. The van der Waals surface area contributed by atoms with Gasteiger partial charge in [0.25, 0.3) is 5.91 Å². The standard InChI is InChI=1S/C16H21FN2O2/c17-14-4-1-3-13(11-14)12-18-6-8-19(9-7-18)16(20)15-5-2-10-21-15/h1,3-4,11,15H,2,5-10,12H2/t15-/m0/s1. The number of benzene rings is 1. The summed E-state index contributed by atoms with van der Waals surface area (Å²) in [7, 11) is 0. The second-order valence-corrected chi connectivity index (χ2v) is 5.73. The van der Waals surface area contributed by atoms with E-state index < -0.39 is 0 Å². The van der Waals surface area contributed by atoms with Gasteiger partial charge < -0.3 is 9.64 Å². The molecule has 0 bridgehead atoms. The highest BCUT2D eigenvalue weighted by atomic mass is 19.1. The van der Waals surface area contributed by atoms with Gasteiger partial charge in [-0.15, -0.1) is 0 Å². The molecule has 2 aliphatic rings. The van der Waals surface area contributed by atoms with E-state index in [4.69, 9.17) is 4.74 Å². The van der Waals surface area contributed by atoms with Gasteiger partial charge in [-0.25, -0.2) is 4.39 Å². The number of piperazine rings is 1. The highest BCUT2D eigenvalue weighted by Gasteiger charge is 2.30. The lowest BCUT2D eigenvalue weighted by molar-refractivity contribution is -0.142. The van der Waals surface area contributed by atoms with Crippen LogP contribution in [-0.4, -0.2) is 54.6 Å². The molecular formula is C16H21FN2O2. The summed E-state index contributed by atoms with van der Waals surface area (Å²) in [5.41, 5.74) is 0.980. The van der Waals surface area contributed by atoms with Crippen LogP contribution in [0.1, 0.15) is 18.4 Å². The maximum atomic E-state index is 13.2. The summed E-state index contributed by atoms with van der Waals surface area (Å²) >= 11 is 0. The van der Waals surface area contributed by atoms with Crippen LogP contribution in [0.4, 0.5) is 4.39 Å². The Morgan fingerprint density at radius 3 is 2.76 bits per heavy atom. The summed E-state index contributed by atoms with van der Waals surface area (Å²) in [6.07, 6.45) is 1.61. The van der Waals surface area contributed by atoms with Crippen LogP contribution in [0.5, 0.6) is 0 Å². The number of hydrogen-bond acceptors (Lipinski definition) is 3. The molecule has 21 heavy (non-hydrogen) atoms. The van der Waals surface area contributed by atoms with E-state index in [0.29, 0.717) is 6.61 Å². The molecule has 1 aromatic carbocycles. The largest absolute Gasteiger partial charge is 0.368 e. The minimum absolute atomic E-state index is 0.137. The molecule has 0 N–H and O–H groups in total. The molecule has 0 aliphatic carbocycles. The average Bonchev–Trinajstić information content (AvgIpc) is 3.01. The summed E-state index contributed by atoms with van der Waals surface area (Å²) in [6, 6.07) is 6.71. The van der Waals surface area contributed by atoms with Gasteiger partial charge in [0.2, 0.25) is 0 Å². The van der Waals surface area contributed by atoms with Crippen LogP contribution in [0.15, 0.2) is 24.3 Å². The number of nitrogens with zero attached hydrogens (tertiary/aromatic N) is 2. The predicted octanol–water partition coefficient (Wildman–Crippen LogP) is 1.65. The molecule has 0 saturated carbocycles. The van der Waals surface area contributed by atoms with E-state index in [1.165, 1.54) is 6.07 Å². The first-order valence-electron chi connectivity index (χ1n) is 7.59. The van der Waals surface area contributed by atoms with Crippen molar-refractivity contribution in [3.05, 3.63) is 35.6 Å². The first-order chi connectivity index (χ1) is 10.2. The molecule has 1 amide bonds.